The van der Waals surface area contributed by atoms with Crippen LogP contribution in [-0.2, 0) is 14.3 Å². The van der Waals surface area contributed by atoms with Gasteiger partial charge in [0.05, 0.1) is 0 Å². The minimum atomic E-state index is -1.18. The number of ether oxygens (including phenoxy) is 1. The van der Waals surface area contributed by atoms with E-state index in [4.69, 9.17) is 0 Å². The molecule has 0 aromatic rings. The summed E-state index contributed by atoms with van der Waals surface area (Å²) in [5.74, 6) is -0.538. The van der Waals surface area contributed by atoms with Crippen LogP contribution in [0.15, 0.2) is 46.6 Å². The number of rotatable bonds is 9. The third-order valence-electron chi connectivity index (χ3n) is 3.62. The number of aldehydes is 1. The summed E-state index contributed by atoms with van der Waals surface area (Å²) in [6.07, 6.45) is 10.9. The van der Waals surface area contributed by atoms with Gasteiger partial charge in [-0.05, 0) is 58.4 Å². The molecule has 23 heavy (non-hydrogen) atoms. The topological polar surface area (TPSA) is 63.6 Å². The zero-order valence-electron chi connectivity index (χ0n) is 14.2. The molecule has 1 rings (SSSR count). The van der Waals surface area contributed by atoms with Crippen molar-refractivity contribution < 1.29 is 19.4 Å². The van der Waals surface area contributed by atoms with Crippen molar-refractivity contribution in [1.82, 2.24) is 0 Å². The smallest absolute Gasteiger partial charge is 0.333 e. The van der Waals surface area contributed by atoms with Crippen LogP contribution in [0.2, 0.25) is 0 Å². The summed E-state index contributed by atoms with van der Waals surface area (Å²) in [7, 11) is 0. The van der Waals surface area contributed by atoms with Gasteiger partial charge in [-0.3, -0.25) is 4.79 Å². The standard InChI is InChI=1S/C19H26O4/c1-14(2)6-4-7-15(3)8-5-9-16(13-20)10-11-17-12-18(21)23-19(17)22/h6,8,10,12-13,19,22H,4-5,7,9,11H2,1-3H3. The van der Waals surface area contributed by atoms with Gasteiger partial charge in [-0.25, -0.2) is 4.79 Å². The average Bonchev–Trinajstić information content (AvgIpc) is 2.80. The minimum Gasteiger partial charge on any atom is -0.429 e. The molecule has 126 valence electrons. The molecule has 0 radical (unpaired) electrons. The van der Waals surface area contributed by atoms with Crippen LogP contribution in [0.4, 0.5) is 0 Å². The average molecular weight is 318 g/mol. The Labute approximate surface area is 138 Å². The summed E-state index contributed by atoms with van der Waals surface area (Å²) in [4.78, 5) is 22.1. The Hall–Kier alpha value is -1.94. The summed E-state index contributed by atoms with van der Waals surface area (Å²) in [6.45, 7) is 6.29. The van der Waals surface area contributed by atoms with Crippen molar-refractivity contribution in [3.05, 3.63) is 46.6 Å². The molecule has 0 amide bonds. The normalized spacial score (nSPS) is 18.5. The lowest BCUT2D eigenvalue weighted by Crippen LogP contribution is -2.09. The first kappa shape index (κ1) is 19.1. The Balaban J connectivity index is 2.43. The second-order valence-electron chi connectivity index (χ2n) is 6.02. The van der Waals surface area contributed by atoms with Gasteiger partial charge in [0.25, 0.3) is 0 Å². The predicted molar refractivity (Wildman–Crippen MR) is 90.6 cm³/mol. The van der Waals surface area contributed by atoms with E-state index in [1.165, 1.54) is 17.2 Å². The first-order chi connectivity index (χ1) is 10.9. The lowest BCUT2D eigenvalue weighted by molar-refractivity contribution is -0.151. The van der Waals surface area contributed by atoms with Crippen LogP contribution in [0, 0.1) is 0 Å². The predicted octanol–water partition coefficient (Wildman–Crippen LogP) is 3.78. The summed E-state index contributed by atoms with van der Waals surface area (Å²) < 4.78 is 4.60. The van der Waals surface area contributed by atoms with Gasteiger partial charge in [-0.2, -0.15) is 0 Å². The molecule has 0 fully saturated rings. The van der Waals surface area contributed by atoms with E-state index in [2.05, 4.69) is 37.7 Å². The Morgan fingerprint density at radius 2 is 1.87 bits per heavy atom. The summed E-state index contributed by atoms with van der Waals surface area (Å²) in [5, 5.41) is 9.47. The first-order valence-corrected chi connectivity index (χ1v) is 7.94. The molecule has 1 N–H and O–H groups in total. The maximum absolute atomic E-state index is 11.1. The largest absolute Gasteiger partial charge is 0.429 e. The van der Waals surface area contributed by atoms with Gasteiger partial charge in [-0.15, -0.1) is 0 Å². The van der Waals surface area contributed by atoms with Gasteiger partial charge in [0.2, 0.25) is 6.29 Å². The van der Waals surface area contributed by atoms with Crippen molar-refractivity contribution in [1.29, 1.82) is 0 Å². The van der Waals surface area contributed by atoms with E-state index in [-0.39, 0.29) is 0 Å². The third kappa shape index (κ3) is 7.75. The van der Waals surface area contributed by atoms with Gasteiger partial charge in [0.1, 0.15) is 6.29 Å². The van der Waals surface area contributed by atoms with Crippen LogP contribution >= 0.6 is 0 Å². The Morgan fingerprint density at radius 1 is 1.17 bits per heavy atom. The zero-order chi connectivity index (χ0) is 17.2. The van der Waals surface area contributed by atoms with Crippen LogP contribution in [-0.4, -0.2) is 23.7 Å². The van der Waals surface area contributed by atoms with E-state index >= 15 is 0 Å². The molecule has 0 aromatic carbocycles. The molecule has 1 aliphatic heterocycles. The fraction of sp³-hybridized carbons (Fsp3) is 0.474. The fourth-order valence-corrected chi connectivity index (χ4v) is 2.24. The van der Waals surface area contributed by atoms with Crippen molar-refractivity contribution in [2.75, 3.05) is 0 Å². The number of carbonyl (C=O) groups is 2. The summed E-state index contributed by atoms with van der Waals surface area (Å²) in [5.41, 5.74) is 3.81. The second-order valence-corrected chi connectivity index (χ2v) is 6.02. The minimum absolute atomic E-state index is 0.351. The van der Waals surface area contributed by atoms with Crippen LogP contribution in [0.3, 0.4) is 0 Å². The molecule has 0 bridgehead atoms. The van der Waals surface area contributed by atoms with Gasteiger partial charge in [0.15, 0.2) is 0 Å². The molecule has 1 unspecified atom stereocenters. The monoisotopic (exact) mass is 318 g/mol. The maximum Gasteiger partial charge on any atom is 0.333 e. The molecule has 1 atom stereocenters. The second kappa shape index (κ2) is 9.95. The highest BCUT2D eigenvalue weighted by Gasteiger charge is 2.22. The number of carbonyl (C=O) groups excluding carboxylic acids is 2. The fourth-order valence-electron chi connectivity index (χ4n) is 2.24. The van der Waals surface area contributed by atoms with E-state index < -0.39 is 12.3 Å². The van der Waals surface area contributed by atoms with Crippen molar-refractivity contribution in [3.8, 4) is 0 Å². The number of esters is 1. The van der Waals surface area contributed by atoms with E-state index in [1.54, 1.807) is 6.08 Å². The summed E-state index contributed by atoms with van der Waals surface area (Å²) >= 11 is 0. The van der Waals surface area contributed by atoms with E-state index in [0.717, 1.165) is 25.5 Å². The molecular weight excluding hydrogens is 292 g/mol. The van der Waals surface area contributed by atoms with Crippen LogP contribution in [0.5, 0.6) is 0 Å². The van der Waals surface area contributed by atoms with Crippen LogP contribution < -0.4 is 0 Å². The molecule has 0 saturated heterocycles. The quantitative estimate of drug-likeness (QED) is 0.304. The number of aliphatic hydroxyl groups excluding tert-OH is 1. The number of hydrogen-bond donors (Lipinski definition) is 1. The Morgan fingerprint density at radius 3 is 2.43 bits per heavy atom. The number of hydrogen-bond acceptors (Lipinski definition) is 4. The molecule has 1 heterocycles. The highest BCUT2D eigenvalue weighted by atomic mass is 16.6. The first-order valence-electron chi connectivity index (χ1n) is 7.94. The van der Waals surface area contributed by atoms with Gasteiger partial charge in [0, 0.05) is 11.6 Å². The molecule has 0 spiro atoms. The Bertz CT molecular complexity index is 546. The van der Waals surface area contributed by atoms with Crippen molar-refractivity contribution >= 4 is 12.3 Å². The molecule has 0 aromatic heterocycles. The molecule has 0 aliphatic carbocycles. The zero-order valence-corrected chi connectivity index (χ0v) is 14.2. The molecule has 0 saturated carbocycles. The number of allylic oxidation sites excluding steroid dienone is 6. The van der Waals surface area contributed by atoms with Crippen molar-refractivity contribution in [2.45, 2.75) is 59.2 Å². The van der Waals surface area contributed by atoms with Crippen molar-refractivity contribution in [2.24, 2.45) is 0 Å². The number of cyclic esters (lactones) is 1. The molecule has 1 aliphatic rings. The SMILES string of the molecule is CC(C)=CCCC(C)=CCCC(C=O)=CCC1=CC(=O)OC1O. The lowest BCUT2D eigenvalue weighted by atomic mass is 10.0. The van der Waals surface area contributed by atoms with E-state index in [0.29, 0.717) is 24.0 Å². The third-order valence-corrected chi connectivity index (χ3v) is 3.62. The van der Waals surface area contributed by atoms with Gasteiger partial charge in [-0.1, -0.05) is 29.4 Å². The maximum atomic E-state index is 11.1. The molecular formula is C19H26O4. The Kier molecular flexibility index (Phi) is 8.27. The lowest BCUT2D eigenvalue weighted by Gasteiger charge is -2.05. The molecule has 4 heteroatoms. The van der Waals surface area contributed by atoms with Gasteiger partial charge >= 0.3 is 5.97 Å². The van der Waals surface area contributed by atoms with E-state index in [1.807, 2.05) is 0 Å². The van der Waals surface area contributed by atoms with Gasteiger partial charge < -0.3 is 9.84 Å². The highest BCUT2D eigenvalue weighted by Crippen LogP contribution is 2.19. The van der Waals surface area contributed by atoms with Crippen molar-refractivity contribution in [3.63, 3.8) is 0 Å². The number of aliphatic hydroxyl groups is 1. The summed E-state index contributed by atoms with van der Waals surface area (Å²) in [6, 6.07) is 0. The van der Waals surface area contributed by atoms with Crippen LogP contribution in [0.25, 0.3) is 0 Å². The highest BCUT2D eigenvalue weighted by molar-refractivity contribution is 5.85. The van der Waals surface area contributed by atoms with E-state index in [9.17, 15) is 14.7 Å². The van der Waals surface area contributed by atoms with Crippen LogP contribution in [0.1, 0.15) is 52.9 Å². The molecule has 4 nitrogen and oxygen atoms in total.